The molecule has 3 aromatic rings. The van der Waals surface area contributed by atoms with Crippen LogP contribution < -0.4 is 14.8 Å². The summed E-state index contributed by atoms with van der Waals surface area (Å²) in [5, 5.41) is 4.11. The number of rotatable bonds is 6. The highest BCUT2D eigenvalue weighted by Gasteiger charge is 2.24. The Morgan fingerprint density at radius 1 is 1.20 bits per heavy atom. The molecule has 0 radical (unpaired) electrons. The Morgan fingerprint density at radius 2 is 2.03 bits per heavy atom. The van der Waals surface area contributed by atoms with Crippen molar-refractivity contribution in [3.05, 3.63) is 54.4 Å². The predicted molar refractivity (Wildman–Crippen MR) is 118 cm³/mol. The smallest absolute Gasteiger partial charge is 0.241 e. The first-order valence-electron chi connectivity index (χ1n) is 9.99. The quantitative estimate of drug-likeness (QED) is 0.653. The summed E-state index contributed by atoms with van der Waals surface area (Å²) in [4.78, 5) is 22.5. The van der Waals surface area contributed by atoms with E-state index in [-0.39, 0.29) is 11.9 Å². The summed E-state index contributed by atoms with van der Waals surface area (Å²) in [5.74, 6) is 1.17. The Kier molecular flexibility index (Phi) is 5.72. The molecule has 7 heteroatoms. The number of amides is 1. The summed E-state index contributed by atoms with van der Waals surface area (Å²) >= 11 is 0. The predicted octanol–water partition coefficient (Wildman–Crippen LogP) is 3.70. The lowest BCUT2D eigenvalue weighted by Gasteiger charge is -2.31. The standard InChI is InChI=1S/C23H26N4O3/c1-15(23(28)26-17-4-5-20(29-2)21(14-17)30-3)27-12-8-16(9-13-27)18-6-10-24-22-19(18)7-11-25-22/h4-8,10-11,14-15H,9,12-13H2,1-3H3,(H,24,25)(H,26,28). The molecule has 0 fully saturated rings. The summed E-state index contributed by atoms with van der Waals surface area (Å²) in [7, 11) is 3.16. The third-order valence-corrected chi connectivity index (χ3v) is 5.62. The van der Waals surface area contributed by atoms with Gasteiger partial charge in [-0.3, -0.25) is 9.69 Å². The van der Waals surface area contributed by atoms with Crippen LogP contribution in [0.15, 0.2) is 48.8 Å². The number of aromatic amines is 1. The summed E-state index contributed by atoms with van der Waals surface area (Å²) < 4.78 is 10.6. The van der Waals surface area contributed by atoms with Crippen LogP contribution in [0.4, 0.5) is 5.69 Å². The first-order chi connectivity index (χ1) is 14.6. The number of carbonyl (C=O) groups is 1. The Labute approximate surface area is 175 Å². The number of hydrogen-bond donors (Lipinski definition) is 2. The molecule has 1 aromatic carbocycles. The Morgan fingerprint density at radius 3 is 2.77 bits per heavy atom. The Hall–Kier alpha value is -3.32. The van der Waals surface area contributed by atoms with Gasteiger partial charge in [-0.2, -0.15) is 0 Å². The monoisotopic (exact) mass is 406 g/mol. The van der Waals surface area contributed by atoms with Crippen molar-refractivity contribution >= 4 is 28.2 Å². The lowest BCUT2D eigenvalue weighted by atomic mass is 9.97. The van der Waals surface area contributed by atoms with Gasteiger partial charge in [0.15, 0.2) is 11.5 Å². The van der Waals surface area contributed by atoms with Crippen LogP contribution in [0, 0.1) is 0 Å². The zero-order valence-electron chi connectivity index (χ0n) is 17.4. The molecule has 1 aliphatic rings. The molecule has 1 amide bonds. The van der Waals surface area contributed by atoms with Crippen molar-refractivity contribution in [1.82, 2.24) is 14.9 Å². The minimum Gasteiger partial charge on any atom is -0.493 e. The second-order valence-corrected chi connectivity index (χ2v) is 7.31. The maximum atomic E-state index is 12.8. The molecule has 0 saturated carbocycles. The second kappa shape index (κ2) is 8.59. The third-order valence-electron chi connectivity index (χ3n) is 5.62. The van der Waals surface area contributed by atoms with Crippen molar-refractivity contribution in [3.63, 3.8) is 0 Å². The van der Waals surface area contributed by atoms with E-state index in [0.29, 0.717) is 17.2 Å². The first-order valence-corrected chi connectivity index (χ1v) is 9.99. The van der Waals surface area contributed by atoms with E-state index in [9.17, 15) is 4.79 Å². The number of ether oxygens (including phenoxy) is 2. The number of nitrogens with zero attached hydrogens (tertiary/aromatic N) is 2. The van der Waals surface area contributed by atoms with E-state index in [2.05, 4.69) is 38.4 Å². The largest absolute Gasteiger partial charge is 0.493 e. The van der Waals surface area contributed by atoms with Gasteiger partial charge < -0.3 is 19.8 Å². The summed E-state index contributed by atoms with van der Waals surface area (Å²) in [5.41, 5.74) is 4.09. The highest BCUT2D eigenvalue weighted by molar-refractivity contribution is 5.95. The SMILES string of the molecule is COc1ccc(NC(=O)C(C)N2CC=C(c3ccnc4[nH]ccc34)CC2)cc1OC. The molecule has 30 heavy (non-hydrogen) atoms. The summed E-state index contributed by atoms with van der Waals surface area (Å²) in [6.45, 7) is 3.48. The number of methoxy groups -OCH3 is 2. The van der Waals surface area contributed by atoms with Crippen molar-refractivity contribution in [1.29, 1.82) is 0 Å². The number of benzene rings is 1. The molecule has 1 aliphatic heterocycles. The fourth-order valence-corrected chi connectivity index (χ4v) is 3.85. The van der Waals surface area contributed by atoms with E-state index in [0.717, 1.165) is 30.5 Å². The number of fused-ring (bicyclic) bond motifs is 1. The lowest BCUT2D eigenvalue weighted by molar-refractivity contribution is -0.120. The molecular formula is C23H26N4O3. The number of carbonyl (C=O) groups excluding carboxylic acids is 1. The molecule has 2 aromatic heterocycles. The van der Waals surface area contributed by atoms with Crippen LogP contribution in [0.1, 0.15) is 18.9 Å². The van der Waals surface area contributed by atoms with Crippen LogP contribution in [-0.2, 0) is 4.79 Å². The zero-order chi connectivity index (χ0) is 21.1. The van der Waals surface area contributed by atoms with Gasteiger partial charge in [0.05, 0.1) is 20.3 Å². The molecule has 0 spiro atoms. The van der Waals surface area contributed by atoms with E-state index >= 15 is 0 Å². The van der Waals surface area contributed by atoms with Crippen LogP contribution in [0.2, 0.25) is 0 Å². The van der Waals surface area contributed by atoms with Gasteiger partial charge in [-0.25, -0.2) is 4.98 Å². The molecule has 2 N–H and O–H groups in total. The number of anilines is 1. The molecule has 0 bridgehead atoms. The van der Waals surface area contributed by atoms with E-state index in [4.69, 9.17) is 9.47 Å². The van der Waals surface area contributed by atoms with Gasteiger partial charge in [0.25, 0.3) is 0 Å². The van der Waals surface area contributed by atoms with Crippen molar-refractivity contribution in [3.8, 4) is 11.5 Å². The number of hydrogen-bond acceptors (Lipinski definition) is 5. The molecule has 1 unspecified atom stereocenters. The second-order valence-electron chi connectivity index (χ2n) is 7.31. The Bertz CT molecular complexity index is 1090. The minimum absolute atomic E-state index is 0.0454. The van der Waals surface area contributed by atoms with Gasteiger partial charge in [0.1, 0.15) is 5.65 Å². The molecule has 7 nitrogen and oxygen atoms in total. The molecule has 4 rings (SSSR count). The van der Waals surface area contributed by atoms with Gasteiger partial charge in [-0.15, -0.1) is 0 Å². The molecule has 0 aliphatic carbocycles. The van der Waals surface area contributed by atoms with E-state index in [1.165, 1.54) is 11.1 Å². The molecule has 156 valence electrons. The highest BCUT2D eigenvalue weighted by atomic mass is 16.5. The van der Waals surface area contributed by atoms with Gasteiger partial charge in [0.2, 0.25) is 5.91 Å². The van der Waals surface area contributed by atoms with Crippen LogP contribution in [-0.4, -0.2) is 54.1 Å². The van der Waals surface area contributed by atoms with E-state index in [1.807, 2.05) is 25.4 Å². The average molecular weight is 406 g/mol. The number of nitrogens with one attached hydrogen (secondary N) is 2. The first kappa shape index (κ1) is 20.0. The fraction of sp³-hybridized carbons (Fsp3) is 0.304. The van der Waals surface area contributed by atoms with Crippen molar-refractivity contribution in [2.45, 2.75) is 19.4 Å². The molecule has 0 saturated heterocycles. The maximum absolute atomic E-state index is 12.8. The van der Waals surface area contributed by atoms with Crippen molar-refractivity contribution in [2.24, 2.45) is 0 Å². The van der Waals surface area contributed by atoms with Gasteiger partial charge in [0, 0.05) is 42.6 Å². The van der Waals surface area contributed by atoms with Gasteiger partial charge in [-0.1, -0.05) is 6.08 Å². The topological polar surface area (TPSA) is 79.5 Å². The van der Waals surface area contributed by atoms with Crippen LogP contribution in [0.25, 0.3) is 16.6 Å². The number of aromatic nitrogens is 2. The normalized spacial score (nSPS) is 15.5. The van der Waals surface area contributed by atoms with Gasteiger partial charge in [-0.05, 0) is 48.7 Å². The molecular weight excluding hydrogens is 380 g/mol. The fourth-order valence-electron chi connectivity index (χ4n) is 3.85. The van der Waals surface area contributed by atoms with Crippen molar-refractivity contribution < 1.29 is 14.3 Å². The molecule has 3 heterocycles. The van der Waals surface area contributed by atoms with E-state index < -0.39 is 0 Å². The lowest BCUT2D eigenvalue weighted by Crippen LogP contribution is -2.44. The molecule has 1 atom stereocenters. The highest BCUT2D eigenvalue weighted by Crippen LogP contribution is 2.31. The maximum Gasteiger partial charge on any atom is 0.241 e. The summed E-state index contributed by atoms with van der Waals surface area (Å²) in [6.07, 6.45) is 6.85. The summed E-state index contributed by atoms with van der Waals surface area (Å²) in [6, 6.07) is 9.23. The van der Waals surface area contributed by atoms with E-state index in [1.54, 1.807) is 26.4 Å². The van der Waals surface area contributed by atoms with Crippen LogP contribution in [0.5, 0.6) is 11.5 Å². The third kappa shape index (κ3) is 3.89. The average Bonchev–Trinajstić information content (AvgIpc) is 3.27. The van der Waals surface area contributed by atoms with Crippen LogP contribution >= 0.6 is 0 Å². The van der Waals surface area contributed by atoms with Gasteiger partial charge >= 0.3 is 0 Å². The van der Waals surface area contributed by atoms with Crippen molar-refractivity contribution in [2.75, 3.05) is 32.6 Å². The number of pyridine rings is 1. The Balaban J connectivity index is 1.43. The number of H-pyrrole nitrogens is 1. The minimum atomic E-state index is -0.249. The zero-order valence-corrected chi connectivity index (χ0v) is 17.4. The van der Waals surface area contributed by atoms with Crippen LogP contribution in [0.3, 0.4) is 0 Å².